The number of nitrogens with one attached hydrogen (secondary N) is 1. The number of carbonyl (C=O) groups is 2. The van der Waals surface area contributed by atoms with E-state index in [1.165, 1.54) is 11.8 Å². The van der Waals surface area contributed by atoms with Crippen LogP contribution in [0.4, 0.5) is 0 Å². The van der Waals surface area contributed by atoms with Crippen LogP contribution in [0.2, 0.25) is 0 Å². The van der Waals surface area contributed by atoms with Gasteiger partial charge in [-0.25, -0.2) is 0 Å². The van der Waals surface area contributed by atoms with Crippen molar-refractivity contribution in [2.45, 2.75) is 32.5 Å². The Bertz CT molecular complexity index is 1660. The lowest BCUT2D eigenvalue weighted by molar-refractivity contribution is 0.0661. The summed E-state index contributed by atoms with van der Waals surface area (Å²) in [4.78, 5) is 27.9. The van der Waals surface area contributed by atoms with Crippen LogP contribution in [0, 0.1) is 6.92 Å². The Labute approximate surface area is 238 Å². The Morgan fingerprint density at radius 1 is 0.927 bits per heavy atom. The van der Waals surface area contributed by atoms with Crippen LogP contribution in [0.15, 0.2) is 112 Å². The van der Waals surface area contributed by atoms with E-state index < -0.39 is 0 Å². The number of rotatable bonds is 8. The summed E-state index contributed by atoms with van der Waals surface area (Å²) in [7, 11) is 0. The van der Waals surface area contributed by atoms with Crippen LogP contribution in [0.3, 0.4) is 0 Å². The van der Waals surface area contributed by atoms with Gasteiger partial charge in [0.05, 0.1) is 12.3 Å². The maximum Gasteiger partial charge on any atom is 0.290 e. The summed E-state index contributed by atoms with van der Waals surface area (Å²) in [6.45, 7) is 3.20. The minimum absolute atomic E-state index is 0.146. The maximum absolute atomic E-state index is 13.5. The first kappa shape index (κ1) is 26.2. The zero-order valence-electron chi connectivity index (χ0n) is 22.7. The topological polar surface area (TPSA) is 84.9 Å². The number of amides is 2. The van der Waals surface area contributed by atoms with Crippen molar-refractivity contribution in [1.29, 1.82) is 0 Å². The first-order valence-electron chi connectivity index (χ1n) is 13.6. The highest BCUT2D eigenvalue weighted by Crippen LogP contribution is 2.38. The van der Waals surface area contributed by atoms with Crippen LogP contribution in [0.25, 0.3) is 0 Å². The second kappa shape index (κ2) is 11.6. The molecule has 0 radical (unpaired) electrons. The van der Waals surface area contributed by atoms with Crippen LogP contribution >= 0.6 is 0 Å². The van der Waals surface area contributed by atoms with Gasteiger partial charge in [0.1, 0.15) is 18.1 Å². The van der Waals surface area contributed by atoms with Crippen molar-refractivity contribution >= 4 is 11.8 Å². The Morgan fingerprint density at radius 3 is 2.61 bits per heavy atom. The smallest absolute Gasteiger partial charge is 0.290 e. The molecule has 2 amide bonds. The number of carbonyl (C=O) groups excluding carboxylic acids is 2. The molecule has 1 N–H and O–H groups in total. The molecule has 6 rings (SSSR count). The summed E-state index contributed by atoms with van der Waals surface area (Å²) < 4.78 is 17.3. The van der Waals surface area contributed by atoms with Gasteiger partial charge in [-0.15, -0.1) is 0 Å². The van der Waals surface area contributed by atoms with E-state index in [1.807, 2.05) is 66.4 Å². The number of furan rings is 2. The number of hydrogen-bond donors (Lipinski definition) is 1. The fourth-order valence-electron chi connectivity index (χ4n) is 5.24. The van der Waals surface area contributed by atoms with Crippen LogP contribution in [-0.2, 0) is 19.6 Å². The molecule has 1 atom stereocenters. The molecule has 41 heavy (non-hydrogen) atoms. The fraction of sp³-hybridized carbons (Fsp3) is 0.176. The highest BCUT2D eigenvalue weighted by molar-refractivity contribution is 5.92. The van der Waals surface area contributed by atoms with Gasteiger partial charge >= 0.3 is 0 Å². The molecule has 1 aliphatic heterocycles. The summed E-state index contributed by atoms with van der Waals surface area (Å²) >= 11 is 0. The maximum atomic E-state index is 13.5. The van der Waals surface area contributed by atoms with E-state index in [0.717, 1.165) is 28.7 Å². The average molecular weight is 547 g/mol. The number of aryl methyl sites for hydroxylation is 1. The molecular formula is C34H30N2O5. The summed E-state index contributed by atoms with van der Waals surface area (Å²) in [6, 6.07) is 30.5. The number of nitrogens with zero attached hydrogens (tertiary/aromatic N) is 1. The molecule has 0 bridgehead atoms. The predicted octanol–water partition coefficient (Wildman–Crippen LogP) is 6.48. The average Bonchev–Trinajstić information content (AvgIpc) is 3.71. The quantitative estimate of drug-likeness (QED) is 0.241. The van der Waals surface area contributed by atoms with Crippen molar-refractivity contribution in [3.63, 3.8) is 0 Å². The van der Waals surface area contributed by atoms with Crippen molar-refractivity contribution in [2.75, 3.05) is 6.54 Å². The second-order valence-corrected chi connectivity index (χ2v) is 10.1. The molecule has 3 heterocycles. The highest BCUT2D eigenvalue weighted by Gasteiger charge is 2.34. The zero-order valence-corrected chi connectivity index (χ0v) is 22.7. The molecule has 7 nitrogen and oxygen atoms in total. The van der Waals surface area contributed by atoms with Gasteiger partial charge in [-0.05, 0) is 72.0 Å². The molecule has 5 aromatic rings. The molecule has 0 aliphatic carbocycles. The van der Waals surface area contributed by atoms with Crippen LogP contribution in [0.5, 0.6) is 5.75 Å². The third-order valence-corrected chi connectivity index (χ3v) is 7.26. The lowest BCUT2D eigenvalue weighted by atomic mass is 9.87. The standard InChI is InChI=1S/C34H30N2O5/c1-23-7-5-10-26(19-23)32-29-20-27(13-12-25(29)16-17-36(32)34(38)31-11-6-18-39-31)40-22-28-14-15-30(41-28)33(37)35-21-24-8-3-2-4-9-24/h2-15,18-20,32H,16-17,21-22H2,1H3,(H,35,37)/t32-/m1/s1. The van der Waals surface area contributed by atoms with Crippen molar-refractivity contribution < 1.29 is 23.2 Å². The van der Waals surface area contributed by atoms with Gasteiger partial charge in [-0.3, -0.25) is 9.59 Å². The fourth-order valence-corrected chi connectivity index (χ4v) is 5.24. The largest absolute Gasteiger partial charge is 0.486 e. The van der Waals surface area contributed by atoms with E-state index in [1.54, 1.807) is 24.3 Å². The SMILES string of the molecule is Cc1cccc([C@@H]2c3cc(OCc4ccc(C(=O)NCc5ccccc5)o4)ccc3CCN2C(=O)c2ccco2)c1. The van der Waals surface area contributed by atoms with E-state index in [4.69, 9.17) is 13.6 Å². The van der Waals surface area contributed by atoms with Crippen LogP contribution in [-0.4, -0.2) is 23.3 Å². The Hall–Kier alpha value is -5.04. The molecule has 0 fully saturated rings. The van der Waals surface area contributed by atoms with E-state index in [9.17, 15) is 9.59 Å². The molecule has 0 saturated carbocycles. The van der Waals surface area contributed by atoms with Crippen molar-refractivity contribution in [3.05, 3.63) is 148 Å². The molecule has 0 saturated heterocycles. The normalized spacial score (nSPS) is 14.4. The molecule has 0 unspecified atom stereocenters. The van der Waals surface area contributed by atoms with Crippen molar-refractivity contribution in [3.8, 4) is 5.75 Å². The first-order valence-corrected chi connectivity index (χ1v) is 13.6. The lowest BCUT2D eigenvalue weighted by Gasteiger charge is -2.37. The minimum Gasteiger partial charge on any atom is -0.486 e. The molecular weight excluding hydrogens is 516 g/mol. The third-order valence-electron chi connectivity index (χ3n) is 7.26. The van der Waals surface area contributed by atoms with E-state index >= 15 is 0 Å². The van der Waals surface area contributed by atoms with Crippen molar-refractivity contribution in [1.82, 2.24) is 10.2 Å². The predicted molar refractivity (Wildman–Crippen MR) is 154 cm³/mol. The number of hydrogen-bond acceptors (Lipinski definition) is 5. The van der Waals surface area contributed by atoms with E-state index in [-0.39, 0.29) is 30.2 Å². The Balaban J connectivity index is 1.19. The highest BCUT2D eigenvalue weighted by atomic mass is 16.5. The van der Waals surface area contributed by atoms with Gasteiger partial charge in [0.2, 0.25) is 0 Å². The summed E-state index contributed by atoms with van der Waals surface area (Å²) in [6.07, 6.45) is 2.25. The molecule has 7 heteroatoms. The second-order valence-electron chi connectivity index (χ2n) is 10.1. The Kier molecular flexibility index (Phi) is 7.41. The van der Waals surface area contributed by atoms with Crippen LogP contribution < -0.4 is 10.1 Å². The monoisotopic (exact) mass is 546 g/mol. The van der Waals surface area contributed by atoms with E-state index in [2.05, 4.69) is 23.5 Å². The Morgan fingerprint density at radius 2 is 1.80 bits per heavy atom. The van der Waals surface area contributed by atoms with E-state index in [0.29, 0.717) is 30.4 Å². The first-order chi connectivity index (χ1) is 20.0. The molecule has 1 aliphatic rings. The van der Waals surface area contributed by atoms with Gasteiger partial charge in [-0.1, -0.05) is 66.2 Å². The molecule has 2 aromatic heterocycles. The number of ether oxygens (including phenoxy) is 1. The van der Waals surface area contributed by atoms with Crippen molar-refractivity contribution in [2.24, 2.45) is 0 Å². The summed E-state index contributed by atoms with van der Waals surface area (Å²) in [5.41, 5.74) is 5.34. The molecule has 3 aromatic carbocycles. The van der Waals surface area contributed by atoms with Gasteiger partial charge in [0.15, 0.2) is 11.5 Å². The van der Waals surface area contributed by atoms with Gasteiger partial charge < -0.3 is 23.8 Å². The molecule has 206 valence electrons. The van der Waals surface area contributed by atoms with Gasteiger partial charge in [0.25, 0.3) is 11.8 Å². The molecule has 0 spiro atoms. The third kappa shape index (κ3) is 5.79. The summed E-state index contributed by atoms with van der Waals surface area (Å²) in [5.74, 6) is 1.32. The summed E-state index contributed by atoms with van der Waals surface area (Å²) in [5, 5.41) is 2.87. The lowest BCUT2D eigenvalue weighted by Crippen LogP contribution is -2.40. The van der Waals surface area contributed by atoms with Crippen LogP contribution in [0.1, 0.15) is 60.7 Å². The van der Waals surface area contributed by atoms with Gasteiger partial charge in [0, 0.05) is 13.1 Å². The number of benzene rings is 3. The van der Waals surface area contributed by atoms with Gasteiger partial charge in [-0.2, -0.15) is 0 Å². The zero-order chi connectivity index (χ0) is 28.2. The number of fused-ring (bicyclic) bond motifs is 1. The minimum atomic E-state index is -0.289.